The van der Waals surface area contributed by atoms with Crippen LogP contribution in [0, 0.1) is 5.92 Å². The molecular weight excluding hydrogens is 392 g/mol. The molecule has 0 amide bonds. The molecule has 1 aliphatic carbocycles. The van der Waals surface area contributed by atoms with Crippen LogP contribution in [0.4, 0.5) is 5.95 Å². The van der Waals surface area contributed by atoms with E-state index in [1.165, 1.54) is 31.4 Å². The fourth-order valence-electron chi connectivity index (χ4n) is 4.72. The normalized spacial score (nSPS) is 23.1. The molecule has 8 nitrogen and oxygen atoms in total. The molecule has 0 spiro atoms. The van der Waals surface area contributed by atoms with Crippen molar-refractivity contribution < 1.29 is 9.47 Å². The Kier molecular flexibility index (Phi) is 5.67. The third kappa shape index (κ3) is 4.06. The summed E-state index contributed by atoms with van der Waals surface area (Å²) in [6.45, 7) is 6.51. The molecule has 2 aliphatic rings. The first-order valence-corrected chi connectivity index (χ1v) is 11.4. The average Bonchev–Trinajstić information content (AvgIpc) is 3.32. The van der Waals surface area contributed by atoms with Crippen molar-refractivity contribution in [2.24, 2.45) is 5.92 Å². The largest absolute Gasteiger partial charge is 0.383 e. The Balaban J connectivity index is 1.53. The second-order valence-corrected chi connectivity index (χ2v) is 9.22. The van der Waals surface area contributed by atoms with Gasteiger partial charge in [0.1, 0.15) is 0 Å². The molecule has 1 saturated heterocycles. The van der Waals surface area contributed by atoms with Gasteiger partial charge < -0.3 is 14.8 Å². The molecule has 1 N–H and O–H groups in total. The van der Waals surface area contributed by atoms with Crippen molar-refractivity contribution in [3.05, 3.63) is 30.4 Å². The highest BCUT2D eigenvalue weighted by molar-refractivity contribution is 5.81. The summed E-state index contributed by atoms with van der Waals surface area (Å²) >= 11 is 0. The zero-order chi connectivity index (χ0) is 21.4. The maximum Gasteiger partial charge on any atom is 0.241 e. The fraction of sp³-hybridized carbons (Fsp3) is 0.609. The van der Waals surface area contributed by atoms with Crippen molar-refractivity contribution in [2.45, 2.75) is 57.5 Å². The molecule has 31 heavy (non-hydrogen) atoms. The molecule has 0 bridgehead atoms. The number of nitrogens with zero attached hydrogens (tertiary/aromatic N) is 5. The maximum atomic E-state index is 5.33. The van der Waals surface area contributed by atoms with Crippen LogP contribution in [-0.2, 0) is 9.47 Å². The minimum Gasteiger partial charge on any atom is -0.383 e. The monoisotopic (exact) mass is 424 g/mol. The third-order valence-corrected chi connectivity index (χ3v) is 6.68. The van der Waals surface area contributed by atoms with Crippen LogP contribution in [0.15, 0.2) is 24.7 Å². The Labute approximate surface area is 182 Å². The van der Waals surface area contributed by atoms with Crippen molar-refractivity contribution in [3.8, 4) is 11.1 Å². The molecule has 0 aromatic carbocycles. The fourth-order valence-corrected chi connectivity index (χ4v) is 4.72. The zero-order valence-electron chi connectivity index (χ0n) is 18.6. The van der Waals surface area contributed by atoms with E-state index in [1.54, 1.807) is 7.11 Å². The van der Waals surface area contributed by atoms with Gasteiger partial charge in [0.25, 0.3) is 0 Å². The van der Waals surface area contributed by atoms with Gasteiger partial charge in [0, 0.05) is 42.1 Å². The summed E-state index contributed by atoms with van der Waals surface area (Å²) in [6.07, 6.45) is 11.0. The minimum atomic E-state index is 0.138. The lowest BCUT2D eigenvalue weighted by atomic mass is 9.81. The average molecular weight is 425 g/mol. The molecular formula is C23H32N6O2. The Morgan fingerprint density at radius 1 is 1.23 bits per heavy atom. The molecule has 8 heteroatoms. The first-order valence-electron chi connectivity index (χ1n) is 11.4. The number of fused-ring (bicyclic) bond motifs is 1. The van der Waals surface area contributed by atoms with E-state index in [-0.39, 0.29) is 6.04 Å². The lowest BCUT2D eigenvalue weighted by Crippen LogP contribution is -2.30. The molecule has 1 aliphatic heterocycles. The van der Waals surface area contributed by atoms with Crippen LogP contribution in [0.5, 0.6) is 0 Å². The van der Waals surface area contributed by atoms with E-state index >= 15 is 0 Å². The molecule has 0 unspecified atom stereocenters. The van der Waals surface area contributed by atoms with E-state index in [2.05, 4.69) is 46.0 Å². The SMILES string of the molecule is COC[C@H](C)Nc1ncc2c(-c3cnn(C4COC4)c3)cc(C3CCC(C)CC3)n2n1. The first-order chi connectivity index (χ1) is 15.1. The topological polar surface area (TPSA) is 78.5 Å². The molecule has 0 radical (unpaired) electrons. The summed E-state index contributed by atoms with van der Waals surface area (Å²) < 4.78 is 14.7. The molecule has 1 atom stereocenters. The number of aromatic nitrogens is 5. The second kappa shape index (κ2) is 8.59. The summed E-state index contributed by atoms with van der Waals surface area (Å²) in [6, 6.07) is 2.79. The Morgan fingerprint density at radius 2 is 2.03 bits per heavy atom. The Morgan fingerprint density at radius 3 is 2.74 bits per heavy atom. The first kappa shape index (κ1) is 20.5. The standard InChI is InChI=1S/C23H32N6O2/c1-15-4-6-17(7-5-15)21-8-20(18-9-25-28(11-18)19-13-31-14-19)22-10-24-23(27-29(21)22)26-16(2)12-30-3/h8-11,15-17,19H,4-7,12-14H2,1-3H3,(H,26,27)/t15?,16-,17?/m0/s1. The highest BCUT2D eigenvalue weighted by atomic mass is 16.5. The summed E-state index contributed by atoms with van der Waals surface area (Å²) in [5, 5.41) is 12.8. The summed E-state index contributed by atoms with van der Waals surface area (Å²) in [4.78, 5) is 4.61. The molecule has 5 rings (SSSR count). The van der Waals surface area contributed by atoms with Crippen LogP contribution in [0.25, 0.3) is 16.6 Å². The van der Waals surface area contributed by atoms with Gasteiger partial charge in [-0.05, 0) is 31.7 Å². The second-order valence-electron chi connectivity index (χ2n) is 9.22. The number of rotatable bonds is 7. The van der Waals surface area contributed by atoms with Crippen LogP contribution in [0.2, 0.25) is 0 Å². The van der Waals surface area contributed by atoms with Gasteiger partial charge in [-0.3, -0.25) is 4.68 Å². The molecule has 3 aromatic heterocycles. The number of hydrogen-bond donors (Lipinski definition) is 1. The van der Waals surface area contributed by atoms with E-state index in [0.29, 0.717) is 24.5 Å². The molecule has 2 fully saturated rings. The van der Waals surface area contributed by atoms with Gasteiger partial charge >= 0.3 is 0 Å². The van der Waals surface area contributed by atoms with E-state index in [0.717, 1.165) is 35.8 Å². The van der Waals surface area contributed by atoms with Crippen molar-refractivity contribution >= 4 is 11.5 Å². The molecule has 1 saturated carbocycles. The summed E-state index contributed by atoms with van der Waals surface area (Å²) in [7, 11) is 1.71. The predicted molar refractivity (Wildman–Crippen MR) is 119 cm³/mol. The quantitative estimate of drug-likeness (QED) is 0.620. The molecule has 3 aromatic rings. The number of hydrogen-bond acceptors (Lipinski definition) is 6. The lowest BCUT2D eigenvalue weighted by molar-refractivity contribution is -0.0286. The van der Waals surface area contributed by atoms with Crippen LogP contribution < -0.4 is 5.32 Å². The lowest BCUT2D eigenvalue weighted by Gasteiger charge is -2.26. The third-order valence-electron chi connectivity index (χ3n) is 6.68. The van der Waals surface area contributed by atoms with Gasteiger partial charge in [0.2, 0.25) is 5.95 Å². The van der Waals surface area contributed by atoms with Gasteiger partial charge in [-0.1, -0.05) is 19.8 Å². The number of nitrogens with one attached hydrogen (secondary N) is 1. The van der Waals surface area contributed by atoms with E-state index in [1.807, 2.05) is 17.1 Å². The summed E-state index contributed by atoms with van der Waals surface area (Å²) in [5.41, 5.74) is 4.57. The number of anilines is 1. The van der Waals surface area contributed by atoms with Crippen LogP contribution >= 0.6 is 0 Å². The van der Waals surface area contributed by atoms with Gasteiger partial charge in [-0.15, -0.1) is 5.10 Å². The number of methoxy groups -OCH3 is 1. The minimum absolute atomic E-state index is 0.138. The van der Waals surface area contributed by atoms with E-state index < -0.39 is 0 Å². The van der Waals surface area contributed by atoms with E-state index in [4.69, 9.17) is 14.6 Å². The van der Waals surface area contributed by atoms with Crippen molar-refractivity contribution in [1.29, 1.82) is 0 Å². The zero-order valence-corrected chi connectivity index (χ0v) is 18.6. The number of ether oxygens (including phenoxy) is 2. The van der Waals surface area contributed by atoms with Crippen molar-refractivity contribution in [1.82, 2.24) is 24.4 Å². The van der Waals surface area contributed by atoms with Gasteiger partial charge in [-0.25, -0.2) is 9.50 Å². The van der Waals surface area contributed by atoms with Gasteiger partial charge in [-0.2, -0.15) is 5.10 Å². The smallest absolute Gasteiger partial charge is 0.241 e. The molecule has 4 heterocycles. The highest BCUT2D eigenvalue weighted by Crippen LogP contribution is 2.39. The van der Waals surface area contributed by atoms with Crippen LogP contribution in [0.1, 0.15) is 57.2 Å². The van der Waals surface area contributed by atoms with Crippen molar-refractivity contribution in [3.63, 3.8) is 0 Å². The van der Waals surface area contributed by atoms with Crippen LogP contribution in [0.3, 0.4) is 0 Å². The predicted octanol–water partition coefficient (Wildman–Crippen LogP) is 3.90. The van der Waals surface area contributed by atoms with Crippen molar-refractivity contribution in [2.75, 3.05) is 32.2 Å². The van der Waals surface area contributed by atoms with E-state index in [9.17, 15) is 0 Å². The summed E-state index contributed by atoms with van der Waals surface area (Å²) in [5.74, 6) is 1.96. The Hall–Kier alpha value is -2.45. The highest BCUT2D eigenvalue weighted by Gasteiger charge is 2.26. The Bertz CT molecular complexity index is 1030. The maximum absolute atomic E-state index is 5.33. The molecule has 166 valence electrons. The van der Waals surface area contributed by atoms with Gasteiger partial charge in [0.05, 0.1) is 43.8 Å². The van der Waals surface area contributed by atoms with Gasteiger partial charge in [0.15, 0.2) is 0 Å². The van der Waals surface area contributed by atoms with Crippen LogP contribution in [-0.4, -0.2) is 57.4 Å².